The van der Waals surface area contributed by atoms with Gasteiger partial charge in [0, 0.05) is 24.5 Å². The highest BCUT2D eigenvalue weighted by Crippen LogP contribution is 2.10. The number of ketones is 1. The Bertz CT molecular complexity index is 164. The molecule has 0 aromatic rings. The first-order valence-electron chi connectivity index (χ1n) is 4.29. The van der Waals surface area contributed by atoms with Crippen LogP contribution in [-0.4, -0.2) is 29.9 Å². The molecule has 2 nitrogen and oxygen atoms in total. The maximum atomic E-state index is 11.4. The summed E-state index contributed by atoms with van der Waals surface area (Å²) < 4.78 is 0. The third-order valence-corrected chi connectivity index (χ3v) is 2.97. The quantitative estimate of drug-likeness (QED) is 0.668. The predicted molar refractivity (Wildman–Crippen MR) is 53.6 cm³/mol. The van der Waals surface area contributed by atoms with Gasteiger partial charge >= 0.3 is 0 Å². The van der Waals surface area contributed by atoms with Gasteiger partial charge < -0.3 is 5.32 Å². The summed E-state index contributed by atoms with van der Waals surface area (Å²) >= 11 is 1.86. The molecule has 0 amide bonds. The van der Waals surface area contributed by atoms with Crippen molar-refractivity contribution in [3.05, 3.63) is 12.7 Å². The molecule has 68 valence electrons. The fourth-order valence-corrected chi connectivity index (χ4v) is 2.16. The lowest BCUT2D eigenvalue weighted by Gasteiger charge is -2.21. The molecule has 0 bridgehead atoms. The molecule has 0 radical (unpaired) electrons. The molecule has 1 N–H and O–H groups in total. The third-order valence-electron chi connectivity index (χ3n) is 1.91. The van der Waals surface area contributed by atoms with Crippen molar-refractivity contribution in [2.75, 3.05) is 18.1 Å². The monoisotopic (exact) mass is 185 g/mol. The van der Waals surface area contributed by atoms with Gasteiger partial charge in [-0.05, 0) is 6.42 Å². The van der Waals surface area contributed by atoms with E-state index in [-0.39, 0.29) is 6.04 Å². The first-order chi connectivity index (χ1) is 5.84. The zero-order valence-electron chi connectivity index (χ0n) is 7.21. The molecule has 0 spiro atoms. The van der Waals surface area contributed by atoms with E-state index < -0.39 is 0 Å². The van der Waals surface area contributed by atoms with Gasteiger partial charge in [0.15, 0.2) is 5.78 Å². The molecule has 12 heavy (non-hydrogen) atoms. The van der Waals surface area contributed by atoms with Gasteiger partial charge in [-0.1, -0.05) is 6.08 Å². The van der Waals surface area contributed by atoms with Gasteiger partial charge in [0.25, 0.3) is 0 Å². The predicted octanol–water partition coefficient (Wildman–Crippen LogP) is 1.23. The van der Waals surface area contributed by atoms with E-state index in [2.05, 4.69) is 11.9 Å². The summed E-state index contributed by atoms with van der Waals surface area (Å²) in [5, 5.41) is 3.22. The van der Waals surface area contributed by atoms with E-state index >= 15 is 0 Å². The van der Waals surface area contributed by atoms with Crippen molar-refractivity contribution in [2.24, 2.45) is 0 Å². The summed E-state index contributed by atoms with van der Waals surface area (Å²) in [7, 11) is 0. The molecule has 0 aromatic carbocycles. The molecule has 1 aliphatic heterocycles. The normalized spacial score (nSPS) is 23.5. The lowest BCUT2D eigenvalue weighted by molar-refractivity contribution is -0.120. The molecule has 1 aliphatic rings. The summed E-state index contributed by atoms with van der Waals surface area (Å²) in [6, 6.07) is 0.101. The van der Waals surface area contributed by atoms with Crippen LogP contribution in [0.1, 0.15) is 12.8 Å². The number of carbonyl (C=O) groups excluding carboxylic acids is 1. The van der Waals surface area contributed by atoms with Gasteiger partial charge in [-0.2, -0.15) is 11.8 Å². The number of carbonyl (C=O) groups is 1. The number of nitrogens with one attached hydrogen (secondary N) is 1. The van der Waals surface area contributed by atoms with Crippen LogP contribution >= 0.6 is 11.8 Å². The van der Waals surface area contributed by atoms with E-state index in [1.54, 1.807) is 6.08 Å². The zero-order valence-corrected chi connectivity index (χ0v) is 8.03. The SMILES string of the molecule is C=CCCC(=O)C1CSCCN1. The number of thioether (sulfide) groups is 1. The van der Waals surface area contributed by atoms with Gasteiger partial charge in [-0.25, -0.2) is 0 Å². The highest BCUT2D eigenvalue weighted by molar-refractivity contribution is 7.99. The van der Waals surface area contributed by atoms with Gasteiger partial charge in [-0.15, -0.1) is 6.58 Å². The standard InChI is InChI=1S/C9H15NOS/c1-2-3-4-9(11)8-7-12-6-5-10-8/h2,8,10H,1,3-7H2. The Kier molecular flexibility index (Phi) is 4.40. The van der Waals surface area contributed by atoms with Crippen molar-refractivity contribution in [1.29, 1.82) is 0 Å². The average molecular weight is 185 g/mol. The van der Waals surface area contributed by atoms with E-state index in [0.717, 1.165) is 24.5 Å². The number of allylic oxidation sites excluding steroid dienone is 1. The second-order valence-electron chi connectivity index (χ2n) is 2.88. The Morgan fingerprint density at radius 3 is 3.17 bits per heavy atom. The third kappa shape index (κ3) is 2.99. The van der Waals surface area contributed by atoms with E-state index in [0.29, 0.717) is 12.2 Å². The Morgan fingerprint density at radius 1 is 1.75 bits per heavy atom. The maximum absolute atomic E-state index is 11.4. The summed E-state index contributed by atoms with van der Waals surface area (Å²) in [5.74, 6) is 2.41. The van der Waals surface area contributed by atoms with Crippen LogP contribution in [0.4, 0.5) is 0 Å². The van der Waals surface area contributed by atoms with Crippen LogP contribution in [0.25, 0.3) is 0 Å². The Morgan fingerprint density at radius 2 is 2.58 bits per heavy atom. The van der Waals surface area contributed by atoms with Crippen molar-refractivity contribution in [2.45, 2.75) is 18.9 Å². The van der Waals surface area contributed by atoms with Crippen LogP contribution in [0.2, 0.25) is 0 Å². The van der Waals surface area contributed by atoms with Crippen molar-refractivity contribution in [1.82, 2.24) is 5.32 Å². The minimum atomic E-state index is 0.101. The summed E-state index contributed by atoms with van der Waals surface area (Å²) in [6.07, 6.45) is 3.25. The maximum Gasteiger partial charge on any atom is 0.150 e. The molecular weight excluding hydrogens is 170 g/mol. The molecule has 0 aromatic heterocycles. The van der Waals surface area contributed by atoms with Crippen molar-refractivity contribution in [3.8, 4) is 0 Å². The fraction of sp³-hybridized carbons (Fsp3) is 0.667. The van der Waals surface area contributed by atoms with Crippen molar-refractivity contribution >= 4 is 17.5 Å². The van der Waals surface area contributed by atoms with E-state index in [9.17, 15) is 4.79 Å². The Balaban J connectivity index is 2.24. The van der Waals surface area contributed by atoms with E-state index in [1.165, 1.54) is 0 Å². The second kappa shape index (κ2) is 5.38. The largest absolute Gasteiger partial charge is 0.306 e. The van der Waals surface area contributed by atoms with Gasteiger partial charge in [0.1, 0.15) is 0 Å². The zero-order chi connectivity index (χ0) is 8.81. The molecule has 1 atom stereocenters. The molecule has 1 heterocycles. The Labute approximate surface area is 77.8 Å². The Hall–Kier alpha value is -0.280. The first kappa shape index (κ1) is 9.81. The van der Waals surface area contributed by atoms with Gasteiger partial charge in [-0.3, -0.25) is 4.79 Å². The molecule has 1 unspecified atom stereocenters. The first-order valence-corrected chi connectivity index (χ1v) is 5.45. The van der Waals surface area contributed by atoms with Crippen LogP contribution in [0.3, 0.4) is 0 Å². The van der Waals surface area contributed by atoms with Crippen LogP contribution in [0, 0.1) is 0 Å². The van der Waals surface area contributed by atoms with Crippen LogP contribution in [-0.2, 0) is 4.79 Å². The van der Waals surface area contributed by atoms with Gasteiger partial charge in [0.2, 0.25) is 0 Å². The van der Waals surface area contributed by atoms with Crippen LogP contribution in [0.5, 0.6) is 0 Å². The number of rotatable bonds is 4. The molecule has 1 rings (SSSR count). The fourth-order valence-electron chi connectivity index (χ4n) is 1.19. The van der Waals surface area contributed by atoms with Crippen LogP contribution in [0.15, 0.2) is 12.7 Å². The topological polar surface area (TPSA) is 29.1 Å². The lowest BCUT2D eigenvalue weighted by atomic mass is 10.1. The minimum Gasteiger partial charge on any atom is -0.306 e. The smallest absolute Gasteiger partial charge is 0.150 e. The highest BCUT2D eigenvalue weighted by Gasteiger charge is 2.19. The molecule has 0 saturated carbocycles. The molecular formula is C9H15NOS. The summed E-state index contributed by atoms with van der Waals surface area (Å²) in [6.45, 7) is 4.57. The van der Waals surface area contributed by atoms with Crippen molar-refractivity contribution in [3.63, 3.8) is 0 Å². The molecule has 3 heteroatoms. The van der Waals surface area contributed by atoms with Crippen LogP contribution < -0.4 is 5.32 Å². The molecule has 0 aliphatic carbocycles. The average Bonchev–Trinajstić information content (AvgIpc) is 2.15. The molecule has 1 saturated heterocycles. The van der Waals surface area contributed by atoms with Gasteiger partial charge in [0.05, 0.1) is 6.04 Å². The number of hydrogen-bond acceptors (Lipinski definition) is 3. The summed E-state index contributed by atoms with van der Waals surface area (Å²) in [4.78, 5) is 11.4. The highest BCUT2D eigenvalue weighted by atomic mass is 32.2. The summed E-state index contributed by atoms with van der Waals surface area (Å²) in [5.41, 5.74) is 0. The number of Topliss-reactive ketones (excluding diaryl/α,β-unsaturated/α-hetero) is 1. The number of hydrogen-bond donors (Lipinski definition) is 1. The second-order valence-corrected chi connectivity index (χ2v) is 4.03. The van der Waals surface area contributed by atoms with Crippen molar-refractivity contribution < 1.29 is 4.79 Å². The lowest BCUT2D eigenvalue weighted by Crippen LogP contribution is -2.43. The molecule has 1 fully saturated rings. The minimum absolute atomic E-state index is 0.101. The van der Waals surface area contributed by atoms with E-state index in [4.69, 9.17) is 0 Å². The van der Waals surface area contributed by atoms with E-state index in [1.807, 2.05) is 11.8 Å².